The van der Waals surface area contributed by atoms with Crippen molar-refractivity contribution in [1.29, 1.82) is 0 Å². The number of amides is 1. The van der Waals surface area contributed by atoms with Crippen molar-refractivity contribution in [3.8, 4) is 11.5 Å². The van der Waals surface area contributed by atoms with Crippen LogP contribution in [0.15, 0.2) is 30.5 Å². The molecule has 0 unspecified atom stereocenters. The van der Waals surface area contributed by atoms with Gasteiger partial charge in [0.2, 0.25) is 0 Å². The van der Waals surface area contributed by atoms with Crippen molar-refractivity contribution >= 4 is 5.91 Å². The Kier molecular flexibility index (Phi) is 4.23. The second kappa shape index (κ2) is 6.32. The van der Waals surface area contributed by atoms with Crippen LogP contribution in [0.2, 0.25) is 0 Å². The molecule has 0 bridgehead atoms. The Morgan fingerprint density at radius 1 is 1.39 bits per heavy atom. The zero-order valence-corrected chi connectivity index (χ0v) is 13.7. The molecule has 1 aromatic carbocycles. The number of benzene rings is 1. The largest absolute Gasteiger partial charge is 0.486 e. The summed E-state index contributed by atoms with van der Waals surface area (Å²) in [5, 5.41) is 4.14. The normalized spacial score (nSPS) is 16.2. The molecule has 1 amide bonds. The predicted octanol–water partition coefficient (Wildman–Crippen LogP) is 2.03. The van der Waals surface area contributed by atoms with Crippen LogP contribution in [0.4, 0.5) is 0 Å². The molecule has 0 saturated carbocycles. The number of nitrogens with zero attached hydrogens (tertiary/aromatic N) is 3. The third-order valence-corrected chi connectivity index (χ3v) is 4.13. The van der Waals surface area contributed by atoms with Crippen molar-refractivity contribution < 1.29 is 14.3 Å². The summed E-state index contributed by atoms with van der Waals surface area (Å²) in [7, 11) is 1.83. The number of rotatable bonds is 4. The molecule has 3 rings (SSSR count). The summed E-state index contributed by atoms with van der Waals surface area (Å²) in [5.41, 5.74) is 1.49. The lowest BCUT2D eigenvalue weighted by atomic mass is 10.2. The van der Waals surface area contributed by atoms with E-state index in [9.17, 15) is 4.79 Å². The number of hydrogen-bond donors (Lipinski definition) is 0. The molecule has 122 valence electrons. The van der Waals surface area contributed by atoms with Gasteiger partial charge in [0.15, 0.2) is 17.6 Å². The monoisotopic (exact) mass is 315 g/mol. The van der Waals surface area contributed by atoms with E-state index < -0.39 is 0 Å². The van der Waals surface area contributed by atoms with E-state index in [1.54, 1.807) is 15.8 Å². The van der Waals surface area contributed by atoms with Gasteiger partial charge in [0.25, 0.3) is 5.91 Å². The maximum Gasteiger partial charge on any atom is 0.257 e. The number of para-hydroxylation sites is 2. The molecule has 1 aliphatic rings. The van der Waals surface area contributed by atoms with E-state index in [1.807, 2.05) is 45.2 Å². The van der Waals surface area contributed by atoms with Gasteiger partial charge in [-0.1, -0.05) is 12.1 Å². The fourth-order valence-electron chi connectivity index (χ4n) is 2.63. The lowest BCUT2D eigenvalue weighted by Gasteiger charge is -2.30. The molecule has 2 aromatic rings. The van der Waals surface area contributed by atoms with Gasteiger partial charge in [-0.2, -0.15) is 5.10 Å². The number of ether oxygens (including phenoxy) is 2. The fraction of sp³-hybridized carbons (Fsp3) is 0.412. The van der Waals surface area contributed by atoms with Crippen molar-refractivity contribution in [2.24, 2.45) is 7.05 Å². The van der Waals surface area contributed by atoms with E-state index in [2.05, 4.69) is 5.10 Å². The number of carbonyl (C=O) groups is 1. The van der Waals surface area contributed by atoms with Gasteiger partial charge in [0.1, 0.15) is 6.61 Å². The van der Waals surface area contributed by atoms with Crippen molar-refractivity contribution in [3.05, 3.63) is 41.7 Å². The number of hydrogen-bond acceptors (Lipinski definition) is 4. The summed E-state index contributed by atoms with van der Waals surface area (Å²) in [5.74, 6) is 1.45. The van der Waals surface area contributed by atoms with E-state index in [0.29, 0.717) is 25.3 Å². The molecule has 1 aromatic heterocycles. The maximum atomic E-state index is 12.7. The Balaban J connectivity index is 1.71. The SMILES string of the molecule is CCN(C[C@H]1COc2ccccc2O1)C(=O)c1cnn(C)c1C. The predicted molar refractivity (Wildman–Crippen MR) is 85.9 cm³/mol. The van der Waals surface area contributed by atoms with Gasteiger partial charge < -0.3 is 14.4 Å². The second-order valence-corrected chi connectivity index (χ2v) is 5.61. The van der Waals surface area contributed by atoms with Crippen LogP contribution < -0.4 is 9.47 Å². The number of carbonyl (C=O) groups excluding carboxylic acids is 1. The summed E-state index contributed by atoms with van der Waals surface area (Å²) in [6.07, 6.45) is 1.44. The molecule has 0 aliphatic carbocycles. The highest BCUT2D eigenvalue weighted by Gasteiger charge is 2.26. The van der Waals surface area contributed by atoms with Gasteiger partial charge in [-0.25, -0.2) is 0 Å². The van der Waals surface area contributed by atoms with E-state index >= 15 is 0 Å². The van der Waals surface area contributed by atoms with E-state index in [4.69, 9.17) is 9.47 Å². The summed E-state index contributed by atoms with van der Waals surface area (Å²) in [6, 6.07) is 7.58. The van der Waals surface area contributed by atoms with Crippen LogP contribution in [0.1, 0.15) is 23.0 Å². The van der Waals surface area contributed by atoms with Gasteiger partial charge in [-0.3, -0.25) is 9.48 Å². The molecule has 2 heterocycles. The van der Waals surface area contributed by atoms with Crippen molar-refractivity contribution in [2.45, 2.75) is 20.0 Å². The second-order valence-electron chi connectivity index (χ2n) is 5.61. The van der Waals surface area contributed by atoms with Gasteiger partial charge in [-0.05, 0) is 26.0 Å². The van der Waals surface area contributed by atoms with Gasteiger partial charge in [0, 0.05) is 19.3 Å². The molecule has 1 aliphatic heterocycles. The first kappa shape index (κ1) is 15.4. The smallest absolute Gasteiger partial charge is 0.257 e. The maximum absolute atomic E-state index is 12.7. The van der Waals surface area contributed by atoms with Crippen LogP contribution in [0, 0.1) is 6.92 Å². The minimum absolute atomic E-state index is 0.0273. The van der Waals surface area contributed by atoms with Gasteiger partial charge >= 0.3 is 0 Å². The minimum Gasteiger partial charge on any atom is -0.486 e. The first-order valence-corrected chi connectivity index (χ1v) is 7.76. The molecule has 0 radical (unpaired) electrons. The fourth-order valence-corrected chi connectivity index (χ4v) is 2.63. The Labute approximate surface area is 135 Å². The highest BCUT2D eigenvalue weighted by molar-refractivity contribution is 5.95. The molecule has 6 heteroatoms. The van der Waals surface area contributed by atoms with E-state index in [0.717, 1.165) is 17.2 Å². The molecule has 0 fully saturated rings. The Morgan fingerprint density at radius 2 is 2.13 bits per heavy atom. The average Bonchev–Trinajstić information content (AvgIpc) is 2.91. The molecule has 0 spiro atoms. The molecule has 0 saturated heterocycles. The quantitative estimate of drug-likeness (QED) is 0.866. The average molecular weight is 315 g/mol. The molecular weight excluding hydrogens is 294 g/mol. The molecule has 23 heavy (non-hydrogen) atoms. The van der Waals surface area contributed by atoms with Crippen LogP contribution in [-0.2, 0) is 7.05 Å². The minimum atomic E-state index is -0.175. The Morgan fingerprint density at radius 3 is 2.78 bits per heavy atom. The molecular formula is C17H21N3O3. The molecule has 6 nitrogen and oxygen atoms in total. The van der Waals surface area contributed by atoms with E-state index in [-0.39, 0.29) is 12.0 Å². The van der Waals surface area contributed by atoms with Crippen LogP contribution in [0.25, 0.3) is 0 Å². The lowest BCUT2D eigenvalue weighted by molar-refractivity contribution is 0.0474. The number of fused-ring (bicyclic) bond motifs is 1. The van der Waals surface area contributed by atoms with Crippen molar-refractivity contribution in [2.75, 3.05) is 19.7 Å². The molecule has 1 atom stereocenters. The summed E-state index contributed by atoms with van der Waals surface area (Å²) >= 11 is 0. The standard InChI is InChI=1S/C17H21N3O3/c1-4-20(17(21)14-9-18-19(3)12(14)2)10-13-11-22-15-7-5-6-8-16(15)23-13/h5-9,13H,4,10-11H2,1-3H3/t13-/m0/s1. The summed E-state index contributed by atoms with van der Waals surface area (Å²) in [4.78, 5) is 14.5. The third-order valence-electron chi connectivity index (χ3n) is 4.13. The highest BCUT2D eigenvalue weighted by Crippen LogP contribution is 2.31. The number of aromatic nitrogens is 2. The zero-order valence-electron chi connectivity index (χ0n) is 13.7. The van der Waals surface area contributed by atoms with E-state index in [1.165, 1.54) is 0 Å². The summed E-state index contributed by atoms with van der Waals surface area (Å²) < 4.78 is 13.4. The Hall–Kier alpha value is -2.50. The van der Waals surface area contributed by atoms with Gasteiger partial charge in [-0.15, -0.1) is 0 Å². The van der Waals surface area contributed by atoms with Crippen LogP contribution in [-0.4, -0.2) is 46.4 Å². The van der Waals surface area contributed by atoms with Crippen LogP contribution in [0.5, 0.6) is 11.5 Å². The number of aryl methyl sites for hydroxylation is 1. The Bertz CT molecular complexity index is 711. The third kappa shape index (κ3) is 3.02. The lowest BCUT2D eigenvalue weighted by Crippen LogP contribution is -2.43. The first-order chi connectivity index (χ1) is 11.1. The zero-order chi connectivity index (χ0) is 16.4. The van der Waals surface area contributed by atoms with Crippen LogP contribution in [0.3, 0.4) is 0 Å². The van der Waals surface area contributed by atoms with Crippen molar-refractivity contribution in [3.63, 3.8) is 0 Å². The topological polar surface area (TPSA) is 56.6 Å². The first-order valence-electron chi connectivity index (χ1n) is 7.76. The highest BCUT2D eigenvalue weighted by atomic mass is 16.6. The van der Waals surface area contributed by atoms with Gasteiger partial charge in [0.05, 0.1) is 18.3 Å². The van der Waals surface area contributed by atoms with Crippen molar-refractivity contribution in [1.82, 2.24) is 14.7 Å². The summed E-state index contributed by atoms with van der Waals surface area (Å²) in [6.45, 7) is 5.38. The van der Waals surface area contributed by atoms with Crippen LogP contribution >= 0.6 is 0 Å². The number of likely N-dealkylation sites (N-methyl/N-ethyl adjacent to an activating group) is 1. The molecule has 0 N–H and O–H groups in total.